The third-order valence-corrected chi connectivity index (χ3v) is 3.68. The van der Waals surface area contributed by atoms with Crippen LogP contribution < -0.4 is 5.32 Å². The number of anilines is 1. The Balaban J connectivity index is 2.11. The zero-order valence-corrected chi connectivity index (χ0v) is 12.1. The first-order chi connectivity index (χ1) is 9.85. The van der Waals surface area contributed by atoms with Crippen LogP contribution in [0.4, 0.5) is 23.2 Å². The largest absolute Gasteiger partial charge is 0.446 e. The van der Waals surface area contributed by atoms with E-state index in [-0.39, 0.29) is 28.2 Å². The molecule has 0 saturated heterocycles. The number of halogens is 5. The van der Waals surface area contributed by atoms with Gasteiger partial charge in [0.1, 0.15) is 5.82 Å². The predicted octanol–water partition coefficient (Wildman–Crippen LogP) is 5.70. The lowest BCUT2D eigenvalue weighted by atomic mass is 10.2. The Bertz CT molecular complexity index is 631. The molecule has 0 saturated carbocycles. The van der Waals surface area contributed by atoms with Crippen molar-refractivity contribution in [3.63, 3.8) is 0 Å². The summed E-state index contributed by atoms with van der Waals surface area (Å²) >= 11 is 5.48. The highest BCUT2D eigenvalue weighted by atomic mass is 35.5. The van der Waals surface area contributed by atoms with E-state index in [2.05, 4.69) is 5.32 Å². The Kier molecular flexibility index (Phi) is 5.00. The van der Waals surface area contributed by atoms with Crippen molar-refractivity contribution in [3.8, 4) is 0 Å². The molecule has 0 aliphatic rings. The fraction of sp³-hybridized carbons (Fsp3) is 0.143. The van der Waals surface area contributed by atoms with Gasteiger partial charge in [0, 0.05) is 17.1 Å². The monoisotopic (exact) mass is 335 g/mol. The summed E-state index contributed by atoms with van der Waals surface area (Å²) in [5.74, 6) is -0.534. The van der Waals surface area contributed by atoms with Gasteiger partial charge in [-0.3, -0.25) is 0 Å². The summed E-state index contributed by atoms with van der Waals surface area (Å²) in [5.41, 5.74) is -3.31. The summed E-state index contributed by atoms with van der Waals surface area (Å²) < 4.78 is 50.4. The zero-order valence-electron chi connectivity index (χ0n) is 10.5. The standard InChI is InChI=1S/C14H10ClF4NS/c15-10-7-9(5-6-11(10)16)8-20-12-3-1-2-4-13(12)21-14(17,18)19/h1-7,20H,8H2. The second-order valence-electron chi connectivity index (χ2n) is 4.15. The molecule has 2 rings (SSSR count). The average Bonchev–Trinajstić information content (AvgIpc) is 2.40. The molecule has 0 radical (unpaired) electrons. The minimum Gasteiger partial charge on any atom is -0.380 e. The van der Waals surface area contributed by atoms with Crippen molar-refractivity contribution in [2.24, 2.45) is 0 Å². The second-order valence-corrected chi connectivity index (χ2v) is 5.66. The molecule has 1 N–H and O–H groups in total. The highest BCUT2D eigenvalue weighted by Crippen LogP contribution is 2.40. The van der Waals surface area contributed by atoms with Crippen molar-refractivity contribution in [3.05, 3.63) is 58.9 Å². The lowest BCUT2D eigenvalue weighted by molar-refractivity contribution is -0.0327. The number of alkyl halides is 3. The third kappa shape index (κ3) is 4.82. The molecule has 2 aromatic rings. The molecule has 112 valence electrons. The van der Waals surface area contributed by atoms with E-state index in [1.807, 2.05) is 0 Å². The number of benzene rings is 2. The van der Waals surface area contributed by atoms with Crippen LogP contribution in [0.15, 0.2) is 47.4 Å². The average molecular weight is 336 g/mol. The minimum absolute atomic E-state index is 0.0211. The van der Waals surface area contributed by atoms with Gasteiger partial charge in [-0.25, -0.2) is 4.39 Å². The fourth-order valence-corrected chi connectivity index (χ4v) is 2.52. The number of hydrogen-bond donors (Lipinski definition) is 1. The first kappa shape index (κ1) is 16.0. The molecule has 0 heterocycles. The minimum atomic E-state index is -4.35. The van der Waals surface area contributed by atoms with Gasteiger partial charge in [0.05, 0.1) is 5.02 Å². The number of nitrogens with one attached hydrogen (secondary N) is 1. The first-order valence-electron chi connectivity index (χ1n) is 5.88. The highest BCUT2D eigenvalue weighted by molar-refractivity contribution is 8.00. The summed E-state index contributed by atoms with van der Waals surface area (Å²) in [6, 6.07) is 10.3. The van der Waals surface area contributed by atoms with E-state index >= 15 is 0 Å². The number of hydrogen-bond acceptors (Lipinski definition) is 2. The molecule has 1 nitrogen and oxygen atoms in total. The van der Waals surface area contributed by atoms with Gasteiger partial charge in [-0.05, 0) is 41.6 Å². The smallest absolute Gasteiger partial charge is 0.380 e. The van der Waals surface area contributed by atoms with E-state index in [1.165, 1.54) is 30.3 Å². The molecule has 0 aromatic heterocycles. The predicted molar refractivity (Wildman–Crippen MR) is 77.1 cm³/mol. The molecular weight excluding hydrogens is 326 g/mol. The van der Waals surface area contributed by atoms with E-state index in [1.54, 1.807) is 12.1 Å². The molecule has 0 fully saturated rings. The Labute approximate surface area is 128 Å². The van der Waals surface area contributed by atoms with Crippen molar-refractivity contribution in [1.82, 2.24) is 0 Å². The fourth-order valence-electron chi connectivity index (χ4n) is 1.67. The van der Waals surface area contributed by atoms with Crippen LogP contribution in [0, 0.1) is 5.82 Å². The zero-order chi connectivity index (χ0) is 15.5. The lowest BCUT2D eigenvalue weighted by Crippen LogP contribution is -2.04. The maximum Gasteiger partial charge on any atom is 0.446 e. The summed E-state index contributed by atoms with van der Waals surface area (Å²) in [6.45, 7) is 0.245. The van der Waals surface area contributed by atoms with Gasteiger partial charge in [0.25, 0.3) is 0 Å². The van der Waals surface area contributed by atoms with Crippen molar-refractivity contribution >= 4 is 29.1 Å². The van der Waals surface area contributed by atoms with Gasteiger partial charge in [0.15, 0.2) is 0 Å². The van der Waals surface area contributed by atoms with Crippen LogP contribution in [0.3, 0.4) is 0 Å². The van der Waals surface area contributed by atoms with Crippen LogP contribution in [-0.4, -0.2) is 5.51 Å². The summed E-state index contributed by atoms with van der Waals surface area (Å²) in [6.07, 6.45) is 0. The van der Waals surface area contributed by atoms with Crippen LogP contribution in [0.5, 0.6) is 0 Å². The van der Waals surface area contributed by atoms with Crippen molar-refractivity contribution in [2.75, 3.05) is 5.32 Å². The van der Waals surface area contributed by atoms with Gasteiger partial charge < -0.3 is 5.32 Å². The van der Waals surface area contributed by atoms with Gasteiger partial charge >= 0.3 is 5.51 Å². The van der Waals surface area contributed by atoms with E-state index in [0.29, 0.717) is 11.3 Å². The quantitative estimate of drug-likeness (QED) is 0.568. The topological polar surface area (TPSA) is 12.0 Å². The lowest BCUT2D eigenvalue weighted by Gasteiger charge is -2.13. The van der Waals surface area contributed by atoms with Gasteiger partial charge in [-0.15, -0.1) is 0 Å². The van der Waals surface area contributed by atoms with E-state index in [4.69, 9.17) is 11.6 Å². The van der Waals surface area contributed by atoms with E-state index in [9.17, 15) is 17.6 Å². The molecule has 7 heteroatoms. The number of thioether (sulfide) groups is 1. The molecule has 2 aromatic carbocycles. The molecule has 0 amide bonds. The molecule has 0 bridgehead atoms. The van der Waals surface area contributed by atoms with Crippen LogP contribution >= 0.6 is 23.4 Å². The SMILES string of the molecule is Fc1ccc(CNc2ccccc2SC(F)(F)F)cc1Cl. The van der Waals surface area contributed by atoms with Crippen LogP contribution in [-0.2, 0) is 6.54 Å². The molecule has 21 heavy (non-hydrogen) atoms. The van der Waals surface area contributed by atoms with Crippen molar-refractivity contribution in [2.45, 2.75) is 16.9 Å². The highest BCUT2D eigenvalue weighted by Gasteiger charge is 2.30. The Hall–Kier alpha value is -1.40. The second kappa shape index (κ2) is 6.58. The van der Waals surface area contributed by atoms with Crippen LogP contribution in [0.1, 0.15) is 5.56 Å². The molecule has 0 spiro atoms. The number of rotatable bonds is 4. The molecule has 0 atom stereocenters. The molecule has 0 unspecified atom stereocenters. The molecule has 0 aliphatic carbocycles. The van der Waals surface area contributed by atoms with Crippen LogP contribution in [0.25, 0.3) is 0 Å². The maximum atomic E-state index is 13.0. The maximum absolute atomic E-state index is 13.0. The van der Waals surface area contributed by atoms with Gasteiger partial charge in [0.2, 0.25) is 0 Å². The first-order valence-corrected chi connectivity index (χ1v) is 7.07. The van der Waals surface area contributed by atoms with Crippen molar-refractivity contribution in [1.29, 1.82) is 0 Å². The Morgan fingerprint density at radius 1 is 1.10 bits per heavy atom. The summed E-state index contributed by atoms with van der Waals surface area (Å²) in [7, 11) is 0. The third-order valence-electron chi connectivity index (χ3n) is 2.58. The molecule has 0 aliphatic heterocycles. The Morgan fingerprint density at radius 2 is 1.81 bits per heavy atom. The van der Waals surface area contributed by atoms with Gasteiger partial charge in [-0.1, -0.05) is 29.8 Å². The normalized spacial score (nSPS) is 11.5. The van der Waals surface area contributed by atoms with E-state index in [0.717, 1.165) is 0 Å². The van der Waals surface area contributed by atoms with Crippen molar-refractivity contribution < 1.29 is 17.6 Å². The van der Waals surface area contributed by atoms with E-state index < -0.39 is 11.3 Å². The number of para-hydroxylation sites is 1. The van der Waals surface area contributed by atoms with Gasteiger partial charge in [-0.2, -0.15) is 13.2 Å². The van der Waals surface area contributed by atoms with Crippen LogP contribution in [0.2, 0.25) is 5.02 Å². The Morgan fingerprint density at radius 3 is 2.48 bits per heavy atom. The summed E-state index contributed by atoms with van der Waals surface area (Å²) in [4.78, 5) is 0.0817. The summed E-state index contributed by atoms with van der Waals surface area (Å²) in [5, 5.41) is 2.88. The molecular formula is C14H10ClF4NS.